The molecule has 0 radical (unpaired) electrons. The summed E-state index contributed by atoms with van der Waals surface area (Å²) < 4.78 is 5.23. The summed E-state index contributed by atoms with van der Waals surface area (Å²) in [5, 5.41) is 9.57. The molecule has 24 heavy (non-hydrogen) atoms. The Morgan fingerprint density at radius 2 is 2.12 bits per heavy atom. The van der Waals surface area contributed by atoms with Crippen LogP contribution >= 0.6 is 11.6 Å². The van der Waals surface area contributed by atoms with Gasteiger partial charge >= 0.3 is 0 Å². The molecule has 130 valence electrons. The number of hydrogen-bond acceptors (Lipinski definition) is 5. The SMILES string of the molecule is COc1ccc(Cl)cc1C(=O)CCCCN1CCC(N)(C#N)CC1. The first kappa shape index (κ1) is 18.7. The topological polar surface area (TPSA) is 79.3 Å². The van der Waals surface area contributed by atoms with Crippen LogP contribution in [0.5, 0.6) is 5.75 Å². The number of halogens is 1. The molecule has 2 N–H and O–H groups in total. The van der Waals surface area contributed by atoms with Crippen molar-refractivity contribution in [2.24, 2.45) is 5.73 Å². The molecule has 0 amide bonds. The fraction of sp³-hybridized carbons (Fsp3) is 0.556. The lowest BCUT2D eigenvalue weighted by Gasteiger charge is -2.34. The molecule has 1 aliphatic rings. The summed E-state index contributed by atoms with van der Waals surface area (Å²) in [6.07, 6.45) is 3.66. The number of benzene rings is 1. The third-order valence-corrected chi connectivity index (χ3v) is 4.80. The molecule has 1 aliphatic heterocycles. The molecule has 1 saturated heterocycles. The molecule has 6 heteroatoms. The van der Waals surface area contributed by atoms with E-state index in [1.165, 1.54) is 0 Å². The Balaban J connectivity index is 1.74. The number of carbonyl (C=O) groups excluding carboxylic acids is 1. The smallest absolute Gasteiger partial charge is 0.166 e. The van der Waals surface area contributed by atoms with Gasteiger partial charge in [0.1, 0.15) is 11.3 Å². The molecule has 0 aliphatic carbocycles. The van der Waals surface area contributed by atoms with Crippen LogP contribution in [-0.2, 0) is 0 Å². The largest absolute Gasteiger partial charge is 0.496 e. The molecule has 0 bridgehead atoms. The summed E-state index contributed by atoms with van der Waals surface area (Å²) in [4.78, 5) is 14.7. The third-order valence-electron chi connectivity index (χ3n) is 4.56. The zero-order valence-electron chi connectivity index (χ0n) is 14.1. The van der Waals surface area contributed by atoms with Gasteiger partial charge in [-0.25, -0.2) is 0 Å². The van der Waals surface area contributed by atoms with Crippen LogP contribution in [0.15, 0.2) is 18.2 Å². The van der Waals surface area contributed by atoms with Crippen molar-refractivity contribution in [2.75, 3.05) is 26.7 Å². The first-order valence-corrected chi connectivity index (χ1v) is 8.64. The van der Waals surface area contributed by atoms with Crippen LogP contribution in [-0.4, -0.2) is 43.0 Å². The number of unbranched alkanes of at least 4 members (excludes halogenated alkanes) is 1. The van der Waals surface area contributed by atoms with E-state index in [2.05, 4.69) is 11.0 Å². The predicted molar refractivity (Wildman–Crippen MR) is 94.4 cm³/mol. The molecular weight excluding hydrogens is 326 g/mol. The highest BCUT2D eigenvalue weighted by Gasteiger charge is 2.30. The predicted octanol–water partition coefficient (Wildman–Crippen LogP) is 3.02. The van der Waals surface area contributed by atoms with E-state index >= 15 is 0 Å². The van der Waals surface area contributed by atoms with Gasteiger partial charge in [-0.2, -0.15) is 5.26 Å². The molecule has 1 fully saturated rings. The molecule has 1 aromatic rings. The van der Waals surface area contributed by atoms with Crippen molar-refractivity contribution in [2.45, 2.75) is 37.6 Å². The number of hydrogen-bond donors (Lipinski definition) is 1. The van der Waals surface area contributed by atoms with Crippen LogP contribution in [0.4, 0.5) is 0 Å². The zero-order chi connectivity index (χ0) is 17.6. The Kier molecular flexibility index (Phi) is 6.61. The summed E-state index contributed by atoms with van der Waals surface area (Å²) in [5.41, 5.74) is 5.85. The van der Waals surface area contributed by atoms with E-state index in [1.807, 2.05) is 0 Å². The highest BCUT2D eigenvalue weighted by atomic mass is 35.5. The van der Waals surface area contributed by atoms with E-state index < -0.39 is 5.54 Å². The summed E-state index contributed by atoms with van der Waals surface area (Å²) in [6.45, 7) is 2.63. The fourth-order valence-corrected chi connectivity index (χ4v) is 3.11. The molecule has 5 nitrogen and oxygen atoms in total. The Labute approximate surface area is 148 Å². The average molecular weight is 350 g/mol. The minimum absolute atomic E-state index is 0.0541. The summed E-state index contributed by atoms with van der Waals surface area (Å²) in [6, 6.07) is 7.30. The van der Waals surface area contributed by atoms with Crippen molar-refractivity contribution in [3.63, 3.8) is 0 Å². The van der Waals surface area contributed by atoms with E-state index in [9.17, 15) is 4.79 Å². The number of piperidine rings is 1. The van der Waals surface area contributed by atoms with Gasteiger partial charge in [-0.3, -0.25) is 4.79 Å². The number of carbonyl (C=O) groups is 1. The van der Waals surface area contributed by atoms with Crippen molar-refractivity contribution in [1.82, 2.24) is 4.90 Å². The number of nitriles is 1. The van der Waals surface area contributed by atoms with Gasteiger partial charge in [-0.05, 0) is 50.4 Å². The molecule has 0 unspecified atom stereocenters. The summed E-state index contributed by atoms with van der Waals surface area (Å²) in [7, 11) is 1.55. The minimum atomic E-state index is -0.657. The van der Waals surface area contributed by atoms with Crippen molar-refractivity contribution >= 4 is 17.4 Å². The maximum Gasteiger partial charge on any atom is 0.166 e. The van der Waals surface area contributed by atoms with Crippen molar-refractivity contribution in [1.29, 1.82) is 5.26 Å². The standard InChI is InChI=1S/C18H24ClN3O2/c1-24-17-6-5-14(19)12-15(17)16(23)4-2-3-9-22-10-7-18(21,13-20)8-11-22/h5-6,12H,2-4,7-11,21H2,1H3. The quantitative estimate of drug-likeness (QED) is 0.604. The third kappa shape index (κ3) is 4.94. The second-order valence-corrected chi connectivity index (χ2v) is 6.77. The lowest BCUT2D eigenvalue weighted by atomic mass is 9.90. The fourth-order valence-electron chi connectivity index (χ4n) is 2.94. The van der Waals surface area contributed by atoms with Gasteiger partial charge in [0.25, 0.3) is 0 Å². The maximum atomic E-state index is 12.3. The van der Waals surface area contributed by atoms with Crippen LogP contribution in [0, 0.1) is 11.3 Å². The first-order chi connectivity index (χ1) is 11.5. The summed E-state index contributed by atoms with van der Waals surface area (Å²) >= 11 is 5.97. The van der Waals surface area contributed by atoms with Crippen LogP contribution in [0.25, 0.3) is 0 Å². The molecule has 0 saturated carbocycles. The van der Waals surface area contributed by atoms with Crippen molar-refractivity contribution < 1.29 is 9.53 Å². The van der Waals surface area contributed by atoms with Gasteiger partial charge in [0.15, 0.2) is 5.78 Å². The second-order valence-electron chi connectivity index (χ2n) is 6.33. The Hall–Kier alpha value is -1.61. The number of ketones is 1. The second kappa shape index (κ2) is 8.48. The molecule has 0 aromatic heterocycles. The molecule has 1 heterocycles. The van der Waals surface area contributed by atoms with E-state index in [-0.39, 0.29) is 5.78 Å². The van der Waals surface area contributed by atoms with Gasteiger partial charge in [0, 0.05) is 24.5 Å². The normalized spacial score (nSPS) is 17.2. The highest BCUT2D eigenvalue weighted by molar-refractivity contribution is 6.31. The van der Waals surface area contributed by atoms with E-state index in [4.69, 9.17) is 27.3 Å². The Morgan fingerprint density at radius 1 is 1.42 bits per heavy atom. The molecular formula is C18H24ClN3O2. The van der Waals surface area contributed by atoms with Gasteiger partial charge in [0.2, 0.25) is 0 Å². The molecule has 1 aromatic carbocycles. The number of methoxy groups -OCH3 is 1. The molecule has 2 rings (SSSR count). The van der Waals surface area contributed by atoms with Gasteiger partial charge in [-0.1, -0.05) is 11.6 Å². The minimum Gasteiger partial charge on any atom is -0.496 e. The zero-order valence-corrected chi connectivity index (χ0v) is 14.8. The monoisotopic (exact) mass is 349 g/mol. The number of nitrogens with zero attached hydrogens (tertiary/aromatic N) is 2. The first-order valence-electron chi connectivity index (χ1n) is 8.27. The summed E-state index contributed by atoms with van der Waals surface area (Å²) in [5.74, 6) is 0.620. The van der Waals surface area contributed by atoms with E-state index in [1.54, 1.807) is 25.3 Å². The van der Waals surface area contributed by atoms with Crippen molar-refractivity contribution in [3.8, 4) is 11.8 Å². The Bertz CT molecular complexity index is 619. The number of rotatable bonds is 7. The highest BCUT2D eigenvalue weighted by Crippen LogP contribution is 2.25. The number of nitrogens with two attached hydrogens (primary N) is 1. The van der Waals surface area contributed by atoms with Crippen LogP contribution < -0.4 is 10.5 Å². The van der Waals surface area contributed by atoms with Crippen LogP contribution in [0.2, 0.25) is 5.02 Å². The number of likely N-dealkylation sites (tertiary alicyclic amines) is 1. The van der Waals surface area contributed by atoms with Crippen LogP contribution in [0.1, 0.15) is 42.5 Å². The van der Waals surface area contributed by atoms with Gasteiger partial charge < -0.3 is 15.4 Å². The van der Waals surface area contributed by atoms with Crippen molar-refractivity contribution in [3.05, 3.63) is 28.8 Å². The number of Topliss-reactive ketones (excluding diaryl/α,β-unsaturated/α-hetero) is 1. The maximum absolute atomic E-state index is 12.3. The average Bonchev–Trinajstić information content (AvgIpc) is 2.60. The van der Waals surface area contributed by atoms with E-state index in [0.29, 0.717) is 35.6 Å². The molecule has 0 spiro atoms. The van der Waals surface area contributed by atoms with Crippen LogP contribution in [0.3, 0.4) is 0 Å². The van der Waals surface area contributed by atoms with Gasteiger partial charge in [-0.15, -0.1) is 0 Å². The van der Waals surface area contributed by atoms with Gasteiger partial charge in [0.05, 0.1) is 18.7 Å². The van der Waals surface area contributed by atoms with E-state index in [0.717, 1.165) is 32.5 Å². The number of ether oxygens (including phenoxy) is 1. The lowest BCUT2D eigenvalue weighted by Crippen LogP contribution is -2.49. The lowest BCUT2D eigenvalue weighted by molar-refractivity contribution is 0.0974. The molecule has 0 atom stereocenters. The Morgan fingerprint density at radius 3 is 2.75 bits per heavy atom.